The normalized spacial score (nSPS) is 12.5. The molecule has 3 heterocycles. The molecule has 0 N–H and O–H groups in total. The zero-order chi connectivity index (χ0) is 31.1. The number of aromatic nitrogens is 2. The minimum atomic E-state index is 0.505. The Morgan fingerprint density at radius 2 is 1.21 bits per heavy atom. The lowest BCUT2D eigenvalue weighted by molar-refractivity contribution is 0.475. The van der Waals surface area contributed by atoms with E-state index in [0.29, 0.717) is 17.5 Å². The van der Waals surface area contributed by atoms with Crippen molar-refractivity contribution < 1.29 is 13.6 Å². The fourth-order valence-corrected chi connectivity index (χ4v) is 6.90. The summed E-state index contributed by atoms with van der Waals surface area (Å²) in [5.41, 5.74) is 7.62. The quantitative estimate of drug-likeness (QED) is 0.186. The van der Waals surface area contributed by atoms with Gasteiger partial charge in [0.25, 0.3) is 0 Å². The van der Waals surface area contributed by atoms with Crippen molar-refractivity contribution in [1.82, 2.24) is 9.97 Å². The largest absolute Gasteiger partial charge is 0.452 e. The van der Waals surface area contributed by atoms with Gasteiger partial charge in [0.05, 0.1) is 16.9 Å². The van der Waals surface area contributed by atoms with Crippen LogP contribution in [0.1, 0.15) is 0 Å². The van der Waals surface area contributed by atoms with Crippen LogP contribution in [0.2, 0.25) is 0 Å². The Hall–Kier alpha value is -5.92. The number of ether oxygens (including phenoxy) is 1. The molecule has 9 aromatic rings. The molecule has 0 unspecified atom stereocenters. The average Bonchev–Trinajstić information content (AvgIpc) is 3.76. The van der Waals surface area contributed by atoms with Crippen molar-refractivity contribution in [3.05, 3.63) is 138 Å². The van der Waals surface area contributed by atoms with Crippen LogP contribution in [0.15, 0.2) is 147 Å². The number of hydrogen-bond acceptors (Lipinski definition) is 6. The Balaban J connectivity index is 1.10. The van der Waals surface area contributed by atoms with Gasteiger partial charge in [-0.1, -0.05) is 82.7 Å². The zero-order valence-corrected chi connectivity index (χ0v) is 26.2. The van der Waals surface area contributed by atoms with Crippen LogP contribution in [0, 0.1) is 0 Å². The lowest BCUT2D eigenvalue weighted by atomic mass is 10.1. The summed E-state index contributed by atoms with van der Waals surface area (Å²) in [6, 6.07) is 44.9. The smallest absolute Gasteiger partial charge is 0.231 e. The average molecular weight is 673 g/mol. The molecule has 0 bridgehead atoms. The summed E-state index contributed by atoms with van der Waals surface area (Å²) in [5.74, 6) is 2.48. The van der Waals surface area contributed by atoms with E-state index < -0.39 is 0 Å². The summed E-state index contributed by atoms with van der Waals surface area (Å²) in [7, 11) is 0. The van der Waals surface area contributed by atoms with E-state index >= 15 is 0 Å². The predicted molar refractivity (Wildman–Crippen MR) is 190 cm³/mol. The minimum Gasteiger partial charge on any atom is -0.452 e. The van der Waals surface area contributed by atoms with Gasteiger partial charge in [0.2, 0.25) is 11.8 Å². The van der Waals surface area contributed by atoms with E-state index in [4.69, 9.17) is 23.5 Å². The first-order valence-electron chi connectivity index (χ1n) is 15.3. The van der Waals surface area contributed by atoms with Crippen LogP contribution < -0.4 is 9.64 Å². The molecule has 47 heavy (non-hydrogen) atoms. The molecule has 1 aliphatic heterocycles. The Labute approximate surface area is 276 Å². The summed E-state index contributed by atoms with van der Waals surface area (Å²) >= 11 is 3.63. The molecule has 222 valence electrons. The van der Waals surface area contributed by atoms with Crippen LogP contribution in [-0.4, -0.2) is 9.97 Å². The van der Waals surface area contributed by atoms with Crippen LogP contribution in [0.25, 0.3) is 66.7 Å². The summed E-state index contributed by atoms with van der Waals surface area (Å²) < 4.78 is 20.1. The predicted octanol–water partition coefficient (Wildman–Crippen LogP) is 11.9. The SMILES string of the molecule is Brc1ccc2c(c1)Oc1c(-c3nc4c(ccc5ccccc54)o3)cccc1N2c1ccc(-c2nc3c(ccc4ccccc43)o2)cc1. The van der Waals surface area contributed by atoms with E-state index in [-0.39, 0.29) is 0 Å². The van der Waals surface area contributed by atoms with Crippen molar-refractivity contribution >= 4 is 76.7 Å². The number of halogens is 1. The van der Waals surface area contributed by atoms with Gasteiger partial charge in [0.1, 0.15) is 11.0 Å². The molecule has 0 fully saturated rings. The summed E-state index contributed by atoms with van der Waals surface area (Å²) in [6.45, 7) is 0. The van der Waals surface area contributed by atoms with Crippen molar-refractivity contribution in [2.24, 2.45) is 0 Å². The summed E-state index contributed by atoms with van der Waals surface area (Å²) in [5, 5.41) is 4.38. The molecule has 0 saturated heterocycles. The zero-order valence-electron chi connectivity index (χ0n) is 24.6. The lowest BCUT2D eigenvalue weighted by Crippen LogP contribution is -2.16. The van der Waals surface area contributed by atoms with Crippen molar-refractivity contribution in [1.29, 1.82) is 0 Å². The molecule has 0 amide bonds. The number of para-hydroxylation sites is 1. The van der Waals surface area contributed by atoms with Crippen LogP contribution in [0.3, 0.4) is 0 Å². The Kier molecular flexibility index (Phi) is 5.62. The Morgan fingerprint density at radius 1 is 0.553 bits per heavy atom. The van der Waals surface area contributed by atoms with Gasteiger partial charge in [0.15, 0.2) is 22.7 Å². The molecular formula is C40H22BrN3O3. The van der Waals surface area contributed by atoms with E-state index in [1.54, 1.807) is 0 Å². The van der Waals surface area contributed by atoms with Crippen molar-refractivity contribution in [2.45, 2.75) is 0 Å². The van der Waals surface area contributed by atoms with Crippen molar-refractivity contribution in [3.63, 3.8) is 0 Å². The molecule has 0 spiro atoms. The molecule has 7 aromatic carbocycles. The first kappa shape index (κ1) is 26.3. The fourth-order valence-electron chi connectivity index (χ4n) is 6.56. The molecule has 0 radical (unpaired) electrons. The number of oxazole rings is 2. The van der Waals surface area contributed by atoms with Crippen LogP contribution in [0.4, 0.5) is 17.1 Å². The highest BCUT2D eigenvalue weighted by atomic mass is 79.9. The van der Waals surface area contributed by atoms with E-state index in [0.717, 1.165) is 82.2 Å². The van der Waals surface area contributed by atoms with Crippen LogP contribution >= 0.6 is 15.9 Å². The van der Waals surface area contributed by atoms with Gasteiger partial charge in [-0.15, -0.1) is 0 Å². The summed E-state index contributed by atoms with van der Waals surface area (Å²) in [4.78, 5) is 12.1. The number of anilines is 3. The van der Waals surface area contributed by atoms with Gasteiger partial charge in [0, 0.05) is 26.5 Å². The topological polar surface area (TPSA) is 64.5 Å². The summed E-state index contributed by atoms with van der Waals surface area (Å²) in [6.07, 6.45) is 0. The standard InChI is InChI=1S/C40H22BrN3O3/c41-26-16-19-31-35(22-26)45-38-30(40-43-37-29-9-4-2-7-24(29)15-21-34(37)47-40)10-5-11-32(38)44(31)27-17-12-25(13-18-27)39-42-36-28-8-3-1-6-23(28)14-20-33(36)46-39/h1-22H. The first-order valence-corrected chi connectivity index (χ1v) is 16.1. The molecule has 0 saturated carbocycles. The number of rotatable bonds is 3. The van der Waals surface area contributed by atoms with Gasteiger partial charge in [-0.3, -0.25) is 0 Å². The monoisotopic (exact) mass is 671 g/mol. The van der Waals surface area contributed by atoms with Gasteiger partial charge in [-0.05, 0) is 77.5 Å². The van der Waals surface area contributed by atoms with E-state index in [1.807, 2.05) is 72.8 Å². The molecule has 10 rings (SSSR count). The molecule has 0 aliphatic carbocycles. The molecular weight excluding hydrogens is 650 g/mol. The third-order valence-electron chi connectivity index (χ3n) is 8.78. The van der Waals surface area contributed by atoms with Crippen molar-refractivity contribution in [2.75, 3.05) is 4.90 Å². The maximum absolute atomic E-state index is 6.64. The van der Waals surface area contributed by atoms with Gasteiger partial charge in [-0.25, -0.2) is 9.97 Å². The molecule has 7 heteroatoms. The number of nitrogens with zero attached hydrogens (tertiary/aromatic N) is 3. The maximum Gasteiger partial charge on any atom is 0.231 e. The third-order valence-corrected chi connectivity index (χ3v) is 9.27. The molecule has 2 aromatic heterocycles. The van der Waals surface area contributed by atoms with Crippen LogP contribution in [0.5, 0.6) is 11.5 Å². The molecule has 6 nitrogen and oxygen atoms in total. The first-order chi connectivity index (χ1) is 23.2. The molecule has 0 atom stereocenters. The Bertz CT molecular complexity index is 2690. The highest BCUT2D eigenvalue weighted by molar-refractivity contribution is 9.10. The number of benzene rings is 7. The second kappa shape index (κ2) is 10.0. The van der Waals surface area contributed by atoms with Gasteiger partial charge < -0.3 is 18.5 Å². The minimum absolute atomic E-state index is 0.505. The second-order valence-corrected chi connectivity index (χ2v) is 12.5. The number of hydrogen-bond donors (Lipinski definition) is 0. The second-order valence-electron chi connectivity index (χ2n) is 11.6. The van der Waals surface area contributed by atoms with E-state index in [1.165, 1.54) is 0 Å². The van der Waals surface area contributed by atoms with Gasteiger partial charge in [-0.2, -0.15) is 0 Å². The highest BCUT2D eigenvalue weighted by Crippen LogP contribution is 2.54. The van der Waals surface area contributed by atoms with E-state index in [9.17, 15) is 0 Å². The highest BCUT2D eigenvalue weighted by Gasteiger charge is 2.30. The maximum atomic E-state index is 6.64. The molecule has 1 aliphatic rings. The third kappa shape index (κ3) is 4.10. The Morgan fingerprint density at radius 3 is 1.94 bits per heavy atom. The van der Waals surface area contributed by atoms with E-state index in [2.05, 4.69) is 81.5 Å². The fraction of sp³-hybridized carbons (Fsp3) is 0. The van der Waals surface area contributed by atoms with Crippen LogP contribution in [-0.2, 0) is 0 Å². The number of fused-ring (bicyclic) bond motifs is 8. The lowest BCUT2D eigenvalue weighted by Gasteiger charge is -2.33. The van der Waals surface area contributed by atoms with Crippen molar-refractivity contribution in [3.8, 4) is 34.4 Å². The van der Waals surface area contributed by atoms with Gasteiger partial charge >= 0.3 is 0 Å².